The second-order valence-corrected chi connectivity index (χ2v) is 6.38. The number of benzene rings is 1. The van der Waals surface area contributed by atoms with Gasteiger partial charge in [-0.15, -0.1) is 0 Å². The van der Waals surface area contributed by atoms with Crippen molar-refractivity contribution in [2.45, 2.75) is 0 Å². The summed E-state index contributed by atoms with van der Waals surface area (Å²) >= 11 is 0. The minimum Gasteiger partial charge on any atom is -0.478 e. The molecule has 0 heterocycles. The zero-order valence-corrected chi connectivity index (χ0v) is 11.2. The quantitative estimate of drug-likeness (QED) is 0.881. The number of anilines is 1. The van der Waals surface area contributed by atoms with Gasteiger partial charge in [0.25, 0.3) is 0 Å². The number of hydrogen-bond acceptors (Lipinski definition) is 4. The molecule has 1 aromatic carbocycles. The number of carboxylic acid groups (broad SMARTS) is 1. The first-order valence-electron chi connectivity index (χ1n) is 5.23. The maximum atomic E-state index is 13.7. The highest BCUT2D eigenvalue weighted by Gasteiger charge is 2.20. The fourth-order valence-electron chi connectivity index (χ4n) is 1.42. The number of hydrogen-bond donors (Lipinski definition) is 1. The number of carboxylic acids is 1. The van der Waals surface area contributed by atoms with Gasteiger partial charge in [0, 0.05) is 19.8 Å². The number of rotatable bonds is 5. The van der Waals surface area contributed by atoms with Crippen LogP contribution in [-0.2, 0) is 9.84 Å². The van der Waals surface area contributed by atoms with Gasteiger partial charge >= 0.3 is 5.97 Å². The fourth-order valence-corrected chi connectivity index (χ4v) is 2.03. The van der Waals surface area contributed by atoms with E-state index in [4.69, 9.17) is 5.11 Å². The van der Waals surface area contributed by atoms with Gasteiger partial charge in [0.15, 0.2) is 11.6 Å². The van der Waals surface area contributed by atoms with E-state index in [9.17, 15) is 22.0 Å². The molecular formula is C11H13F2NO4S. The molecule has 5 nitrogen and oxygen atoms in total. The molecule has 0 aliphatic carbocycles. The molecule has 0 aliphatic heterocycles. The van der Waals surface area contributed by atoms with Gasteiger partial charge in [0.2, 0.25) is 0 Å². The molecule has 0 amide bonds. The topological polar surface area (TPSA) is 74.7 Å². The lowest BCUT2D eigenvalue weighted by Crippen LogP contribution is -2.26. The average Bonchev–Trinajstić information content (AvgIpc) is 2.28. The Labute approximate surface area is 109 Å². The van der Waals surface area contributed by atoms with Crippen molar-refractivity contribution in [2.75, 3.05) is 30.5 Å². The van der Waals surface area contributed by atoms with E-state index in [0.29, 0.717) is 0 Å². The average molecular weight is 293 g/mol. The molecular weight excluding hydrogens is 280 g/mol. The van der Waals surface area contributed by atoms with Crippen molar-refractivity contribution in [3.8, 4) is 0 Å². The summed E-state index contributed by atoms with van der Waals surface area (Å²) in [7, 11) is -1.83. The SMILES string of the molecule is CN(CCS(C)(=O)=O)c1ccc(C(=O)O)c(F)c1F. The van der Waals surface area contributed by atoms with E-state index in [0.717, 1.165) is 18.4 Å². The molecule has 0 saturated carbocycles. The number of nitrogens with zero attached hydrogens (tertiary/aromatic N) is 1. The summed E-state index contributed by atoms with van der Waals surface area (Å²) in [4.78, 5) is 11.8. The Morgan fingerprint density at radius 3 is 2.37 bits per heavy atom. The van der Waals surface area contributed by atoms with Crippen LogP contribution in [0.4, 0.5) is 14.5 Å². The summed E-state index contributed by atoms with van der Waals surface area (Å²) in [6.45, 7) is -0.0262. The Morgan fingerprint density at radius 1 is 1.32 bits per heavy atom. The Bertz CT molecular complexity index is 601. The highest BCUT2D eigenvalue weighted by molar-refractivity contribution is 7.90. The van der Waals surface area contributed by atoms with Gasteiger partial charge in [-0.2, -0.15) is 0 Å². The van der Waals surface area contributed by atoms with Crippen LogP contribution in [0.15, 0.2) is 12.1 Å². The zero-order valence-electron chi connectivity index (χ0n) is 10.4. The van der Waals surface area contributed by atoms with E-state index >= 15 is 0 Å². The van der Waals surface area contributed by atoms with Gasteiger partial charge in [0.1, 0.15) is 9.84 Å². The minimum absolute atomic E-state index is 0.0262. The van der Waals surface area contributed by atoms with Crippen molar-refractivity contribution in [3.63, 3.8) is 0 Å². The summed E-state index contributed by atoms with van der Waals surface area (Å²) in [5.41, 5.74) is -0.955. The lowest BCUT2D eigenvalue weighted by atomic mass is 10.1. The molecule has 0 unspecified atom stereocenters. The molecule has 0 saturated heterocycles. The first kappa shape index (κ1) is 15.4. The molecule has 19 heavy (non-hydrogen) atoms. The normalized spacial score (nSPS) is 11.4. The van der Waals surface area contributed by atoms with Crippen molar-refractivity contribution in [3.05, 3.63) is 29.3 Å². The van der Waals surface area contributed by atoms with Crippen LogP contribution in [0, 0.1) is 11.6 Å². The molecule has 0 aromatic heterocycles. The third-order valence-electron chi connectivity index (χ3n) is 2.50. The Hall–Kier alpha value is -1.70. The van der Waals surface area contributed by atoms with E-state index in [2.05, 4.69) is 0 Å². The first-order valence-corrected chi connectivity index (χ1v) is 7.29. The van der Waals surface area contributed by atoms with Crippen LogP contribution in [0.1, 0.15) is 10.4 Å². The molecule has 1 rings (SSSR count). The van der Waals surface area contributed by atoms with E-state index in [-0.39, 0.29) is 18.0 Å². The van der Waals surface area contributed by atoms with Crippen LogP contribution in [0.5, 0.6) is 0 Å². The standard InChI is InChI=1S/C11H13F2NO4S/c1-14(5-6-19(2,17)18)8-4-3-7(11(15)16)9(12)10(8)13/h3-4H,5-6H2,1-2H3,(H,15,16). The summed E-state index contributed by atoms with van der Waals surface area (Å²) in [6.07, 6.45) is 1.03. The lowest BCUT2D eigenvalue weighted by Gasteiger charge is -2.19. The molecule has 0 bridgehead atoms. The van der Waals surface area contributed by atoms with Crippen molar-refractivity contribution in [1.82, 2.24) is 0 Å². The van der Waals surface area contributed by atoms with Crippen molar-refractivity contribution in [2.24, 2.45) is 0 Å². The second-order valence-electron chi connectivity index (χ2n) is 4.12. The molecule has 0 spiro atoms. The minimum atomic E-state index is -3.22. The maximum Gasteiger partial charge on any atom is 0.338 e. The van der Waals surface area contributed by atoms with E-state index in [1.165, 1.54) is 11.9 Å². The highest BCUT2D eigenvalue weighted by atomic mass is 32.2. The second kappa shape index (κ2) is 5.52. The van der Waals surface area contributed by atoms with Gasteiger partial charge in [-0.1, -0.05) is 0 Å². The maximum absolute atomic E-state index is 13.7. The molecule has 8 heteroatoms. The molecule has 1 aromatic rings. The number of aromatic carboxylic acids is 1. The number of sulfone groups is 1. The molecule has 0 aliphatic rings. The van der Waals surface area contributed by atoms with Gasteiger partial charge in [-0.05, 0) is 12.1 Å². The smallest absolute Gasteiger partial charge is 0.338 e. The molecule has 1 N–H and O–H groups in total. The highest BCUT2D eigenvalue weighted by Crippen LogP contribution is 2.23. The Balaban J connectivity index is 3.02. The van der Waals surface area contributed by atoms with Crippen LogP contribution in [0.2, 0.25) is 0 Å². The summed E-state index contributed by atoms with van der Waals surface area (Å²) in [5.74, 6) is -4.56. The third-order valence-corrected chi connectivity index (χ3v) is 3.43. The van der Waals surface area contributed by atoms with Crippen molar-refractivity contribution < 1.29 is 27.1 Å². The van der Waals surface area contributed by atoms with Gasteiger partial charge < -0.3 is 10.0 Å². The zero-order chi connectivity index (χ0) is 14.8. The van der Waals surface area contributed by atoms with E-state index in [1.807, 2.05) is 0 Å². The van der Waals surface area contributed by atoms with Crippen LogP contribution >= 0.6 is 0 Å². The Kier molecular flexibility index (Phi) is 4.46. The summed E-state index contributed by atoms with van der Waals surface area (Å²) in [6, 6.07) is 2.04. The van der Waals surface area contributed by atoms with E-state index in [1.54, 1.807) is 0 Å². The van der Waals surface area contributed by atoms with Gasteiger partial charge in [-0.3, -0.25) is 0 Å². The number of halogens is 2. The molecule has 0 atom stereocenters. The van der Waals surface area contributed by atoms with Crippen LogP contribution in [0.3, 0.4) is 0 Å². The predicted octanol–water partition coefficient (Wildman–Crippen LogP) is 1.14. The number of carbonyl (C=O) groups is 1. The van der Waals surface area contributed by atoms with Crippen LogP contribution < -0.4 is 4.90 Å². The van der Waals surface area contributed by atoms with Crippen molar-refractivity contribution in [1.29, 1.82) is 0 Å². The van der Waals surface area contributed by atoms with Gasteiger partial charge in [-0.25, -0.2) is 22.0 Å². The van der Waals surface area contributed by atoms with E-state index < -0.39 is 33.0 Å². The Morgan fingerprint density at radius 2 is 1.89 bits per heavy atom. The lowest BCUT2D eigenvalue weighted by molar-refractivity contribution is 0.0690. The third kappa shape index (κ3) is 3.88. The monoisotopic (exact) mass is 293 g/mol. The molecule has 106 valence electrons. The molecule has 0 radical (unpaired) electrons. The van der Waals surface area contributed by atoms with Crippen LogP contribution in [0.25, 0.3) is 0 Å². The van der Waals surface area contributed by atoms with Crippen LogP contribution in [-0.4, -0.2) is 45.1 Å². The van der Waals surface area contributed by atoms with Gasteiger partial charge in [0.05, 0.1) is 17.0 Å². The predicted molar refractivity (Wildman–Crippen MR) is 66.3 cm³/mol. The summed E-state index contributed by atoms with van der Waals surface area (Å²) in [5, 5.41) is 8.63. The fraction of sp³-hybridized carbons (Fsp3) is 0.364. The largest absolute Gasteiger partial charge is 0.478 e. The summed E-state index contributed by atoms with van der Waals surface area (Å²) < 4.78 is 49.1. The molecule has 0 fully saturated rings. The van der Waals surface area contributed by atoms with Crippen molar-refractivity contribution >= 4 is 21.5 Å². The first-order chi connectivity index (χ1) is 8.63.